The van der Waals surface area contributed by atoms with Crippen LogP contribution in [0, 0.1) is 13.8 Å². The van der Waals surface area contributed by atoms with Gasteiger partial charge in [-0.3, -0.25) is 0 Å². The van der Waals surface area contributed by atoms with Crippen molar-refractivity contribution < 1.29 is 0 Å². The maximum absolute atomic E-state index is 4.43. The Kier molecular flexibility index (Phi) is 7.29. The molecule has 2 aliphatic rings. The van der Waals surface area contributed by atoms with Gasteiger partial charge in [-0.1, -0.05) is 23.8 Å². The van der Waals surface area contributed by atoms with Crippen molar-refractivity contribution in [2.24, 2.45) is 0 Å². The summed E-state index contributed by atoms with van der Waals surface area (Å²) >= 11 is 0. The summed E-state index contributed by atoms with van der Waals surface area (Å²) in [6.45, 7) is 13.3. The van der Waals surface area contributed by atoms with Gasteiger partial charge in [-0.05, 0) is 51.7 Å². The van der Waals surface area contributed by atoms with Crippen molar-refractivity contribution in [3.05, 3.63) is 53.7 Å². The number of aryl methyl sites for hydroxylation is 2. The summed E-state index contributed by atoms with van der Waals surface area (Å²) in [7, 11) is 4.35. The molecule has 5 heteroatoms. The molecule has 28 heavy (non-hydrogen) atoms. The SMILES string of the molecule is Cc1ccc(N2CCN(C)CC2)cc1.Cc1ccc(N2CCN(C)CC2)nc1. The van der Waals surface area contributed by atoms with E-state index in [1.165, 1.54) is 29.9 Å². The lowest BCUT2D eigenvalue weighted by atomic mass is 10.2. The topological polar surface area (TPSA) is 25.9 Å². The van der Waals surface area contributed by atoms with Crippen LogP contribution in [-0.2, 0) is 0 Å². The maximum Gasteiger partial charge on any atom is 0.128 e. The summed E-state index contributed by atoms with van der Waals surface area (Å²) in [6.07, 6.45) is 1.94. The zero-order valence-electron chi connectivity index (χ0n) is 17.9. The largest absolute Gasteiger partial charge is 0.369 e. The van der Waals surface area contributed by atoms with E-state index in [4.69, 9.17) is 0 Å². The molecule has 0 atom stereocenters. The first-order valence-electron chi connectivity index (χ1n) is 10.4. The third-order valence-electron chi connectivity index (χ3n) is 5.63. The molecular weight excluding hydrogens is 346 g/mol. The van der Waals surface area contributed by atoms with Gasteiger partial charge in [0, 0.05) is 64.2 Å². The van der Waals surface area contributed by atoms with Crippen molar-refractivity contribution >= 4 is 11.5 Å². The van der Waals surface area contributed by atoms with Gasteiger partial charge in [0.25, 0.3) is 0 Å². The van der Waals surface area contributed by atoms with Crippen molar-refractivity contribution in [2.45, 2.75) is 13.8 Å². The van der Waals surface area contributed by atoms with Gasteiger partial charge >= 0.3 is 0 Å². The summed E-state index contributed by atoms with van der Waals surface area (Å²) in [5, 5.41) is 0. The molecule has 0 radical (unpaired) electrons. The first-order valence-corrected chi connectivity index (χ1v) is 10.4. The number of hydrogen-bond donors (Lipinski definition) is 0. The average Bonchev–Trinajstić information content (AvgIpc) is 2.71. The minimum atomic E-state index is 1.09. The Hall–Kier alpha value is -2.11. The van der Waals surface area contributed by atoms with Crippen molar-refractivity contribution in [2.75, 3.05) is 76.3 Å². The lowest BCUT2D eigenvalue weighted by Gasteiger charge is -2.34. The van der Waals surface area contributed by atoms with Crippen molar-refractivity contribution in [3.8, 4) is 0 Å². The zero-order chi connectivity index (χ0) is 19.9. The molecular formula is C23H35N5. The summed E-state index contributed by atoms with van der Waals surface area (Å²) in [5.74, 6) is 1.11. The van der Waals surface area contributed by atoms with E-state index in [0.29, 0.717) is 0 Å². The number of pyridine rings is 1. The minimum Gasteiger partial charge on any atom is -0.369 e. The second kappa shape index (κ2) is 9.89. The normalized spacial score (nSPS) is 18.6. The van der Waals surface area contributed by atoms with Gasteiger partial charge in [0.2, 0.25) is 0 Å². The lowest BCUT2D eigenvalue weighted by Crippen LogP contribution is -2.44. The quantitative estimate of drug-likeness (QED) is 0.797. The predicted octanol–water partition coefficient (Wildman–Crippen LogP) is 2.89. The van der Waals surface area contributed by atoms with E-state index in [0.717, 1.165) is 45.1 Å². The first-order chi connectivity index (χ1) is 13.5. The molecule has 2 saturated heterocycles. The Bertz CT molecular complexity index is 633. The Labute approximate surface area is 170 Å². The number of hydrogen-bond acceptors (Lipinski definition) is 5. The van der Waals surface area contributed by atoms with Crippen LogP contribution in [0.2, 0.25) is 0 Å². The highest BCUT2D eigenvalue weighted by molar-refractivity contribution is 5.47. The fourth-order valence-corrected chi connectivity index (χ4v) is 3.50. The van der Waals surface area contributed by atoms with Gasteiger partial charge in [0.1, 0.15) is 5.82 Å². The van der Waals surface area contributed by atoms with Gasteiger partial charge in [-0.15, -0.1) is 0 Å². The smallest absolute Gasteiger partial charge is 0.128 e. The number of likely N-dealkylation sites (N-methyl/N-ethyl adjacent to an activating group) is 2. The first kappa shape index (κ1) is 20.6. The molecule has 1 aromatic carbocycles. The number of piperazine rings is 2. The molecule has 0 bridgehead atoms. The van der Waals surface area contributed by atoms with Crippen LogP contribution in [0.1, 0.15) is 11.1 Å². The molecule has 2 aromatic rings. The fourth-order valence-electron chi connectivity index (χ4n) is 3.50. The Morgan fingerprint density at radius 1 is 0.607 bits per heavy atom. The van der Waals surface area contributed by atoms with Crippen LogP contribution in [0.5, 0.6) is 0 Å². The van der Waals surface area contributed by atoms with Crippen LogP contribution in [0.3, 0.4) is 0 Å². The van der Waals surface area contributed by atoms with Crippen molar-refractivity contribution in [1.82, 2.24) is 14.8 Å². The van der Waals surface area contributed by atoms with Gasteiger partial charge < -0.3 is 19.6 Å². The molecule has 2 aliphatic heterocycles. The van der Waals surface area contributed by atoms with E-state index >= 15 is 0 Å². The highest BCUT2D eigenvalue weighted by Gasteiger charge is 2.15. The molecule has 1 aromatic heterocycles. The second-order valence-electron chi connectivity index (χ2n) is 8.11. The molecule has 4 rings (SSSR count). The van der Waals surface area contributed by atoms with Crippen molar-refractivity contribution in [3.63, 3.8) is 0 Å². The standard InChI is InChI=1S/C12H18N2.C11H17N3/c1-11-3-5-12(6-4-11)14-9-7-13(2)8-10-14;1-10-3-4-11(12-9-10)14-7-5-13(2)6-8-14/h3-6H,7-10H2,1-2H3;3-4,9H,5-8H2,1-2H3. The molecule has 152 valence electrons. The molecule has 0 saturated carbocycles. The number of benzene rings is 1. The van der Waals surface area contributed by atoms with E-state index < -0.39 is 0 Å². The number of anilines is 2. The summed E-state index contributed by atoms with van der Waals surface area (Å²) in [5.41, 5.74) is 3.93. The highest BCUT2D eigenvalue weighted by Crippen LogP contribution is 2.16. The second-order valence-corrected chi connectivity index (χ2v) is 8.11. The van der Waals surface area contributed by atoms with E-state index in [9.17, 15) is 0 Å². The van der Waals surface area contributed by atoms with Crippen LogP contribution >= 0.6 is 0 Å². The van der Waals surface area contributed by atoms with Gasteiger partial charge in [0.05, 0.1) is 0 Å². The van der Waals surface area contributed by atoms with Gasteiger partial charge in [-0.25, -0.2) is 4.98 Å². The summed E-state index contributed by atoms with van der Waals surface area (Å²) < 4.78 is 0. The number of aromatic nitrogens is 1. The number of rotatable bonds is 2. The molecule has 2 fully saturated rings. The van der Waals surface area contributed by atoms with Crippen LogP contribution in [-0.4, -0.2) is 81.2 Å². The van der Waals surface area contributed by atoms with Crippen LogP contribution < -0.4 is 9.80 Å². The number of nitrogens with zero attached hydrogens (tertiary/aromatic N) is 5. The van der Waals surface area contributed by atoms with Gasteiger partial charge in [0.15, 0.2) is 0 Å². The third kappa shape index (κ3) is 5.94. The third-order valence-corrected chi connectivity index (χ3v) is 5.63. The van der Waals surface area contributed by atoms with Gasteiger partial charge in [-0.2, -0.15) is 0 Å². The van der Waals surface area contributed by atoms with Crippen molar-refractivity contribution in [1.29, 1.82) is 0 Å². The Balaban J connectivity index is 0.000000161. The highest BCUT2D eigenvalue weighted by atomic mass is 15.3. The maximum atomic E-state index is 4.43. The van der Waals surface area contributed by atoms with E-state index in [-0.39, 0.29) is 0 Å². The molecule has 0 unspecified atom stereocenters. The Morgan fingerprint density at radius 2 is 1.11 bits per heavy atom. The van der Waals surface area contributed by atoms with Crippen LogP contribution in [0.25, 0.3) is 0 Å². The molecule has 5 nitrogen and oxygen atoms in total. The fraction of sp³-hybridized carbons (Fsp3) is 0.522. The van der Waals surface area contributed by atoms with E-state index in [2.05, 4.69) is 88.9 Å². The minimum absolute atomic E-state index is 1.09. The zero-order valence-corrected chi connectivity index (χ0v) is 17.9. The molecule has 0 aliphatic carbocycles. The van der Waals surface area contributed by atoms with Crippen LogP contribution in [0.15, 0.2) is 42.6 Å². The predicted molar refractivity (Wildman–Crippen MR) is 120 cm³/mol. The Morgan fingerprint density at radius 3 is 1.61 bits per heavy atom. The molecule has 0 spiro atoms. The molecule has 3 heterocycles. The van der Waals surface area contributed by atoms with Crippen LogP contribution in [0.4, 0.5) is 11.5 Å². The molecule has 0 N–H and O–H groups in total. The van der Waals surface area contributed by atoms with E-state index in [1.54, 1.807) is 0 Å². The lowest BCUT2D eigenvalue weighted by molar-refractivity contribution is 0.312. The molecule has 0 amide bonds. The summed E-state index contributed by atoms with van der Waals surface area (Å²) in [4.78, 5) is 14.0. The monoisotopic (exact) mass is 381 g/mol. The average molecular weight is 382 g/mol. The van der Waals surface area contributed by atoms with E-state index in [1.807, 2.05) is 6.20 Å². The summed E-state index contributed by atoms with van der Waals surface area (Å²) in [6, 6.07) is 13.1.